The molecule has 1 heterocycles. The van der Waals surface area contributed by atoms with Gasteiger partial charge in [-0.2, -0.15) is 5.26 Å². The smallest absolute Gasteiger partial charge is 0.0823 e. The fourth-order valence-corrected chi connectivity index (χ4v) is 3.79. The maximum absolute atomic E-state index is 9.68. The minimum Gasteiger partial charge on any atom is -0.300 e. The molecular formula is C17H22N2. The second kappa shape index (κ2) is 5.35. The molecule has 2 aliphatic rings. The summed E-state index contributed by atoms with van der Waals surface area (Å²) >= 11 is 0. The molecule has 0 radical (unpaired) electrons. The van der Waals surface area contributed by atoms with Crippen LogP contribution in [0, 0.1) is 11.3 Å². The molecule has 0 spiro atoms. The largest absolute Gasteiger partial charge is 0.300 e. The van der Waals surface area contributed by atoms with E-state index in [9.17, 15) is 5.26 Å². The van der Waals surface area contributed by atoms with E-state index in [1.54, 1.807) is 0 Å². The predicted molar refractivity (Wildman–Crippen MR) is 76.8 cm³/mol. The summed E-state index contributed by atoms with van der Waals surface area (Å²) in [4.78, 5) is 2.65. The summed E-state index contributed by atoms with van der Waals surface area (Å²) in [7, 11) is 0. The number of rotatable bonds is 2. The van der Waals surface area contributed by atoms with Gasteiger partial charge in [0.25, 0.3) is 0 Å². The first-order valence-electron chi connectivity index (χ1n) is 7.55. The molecule has 1 aromatic rings. The van der Waals surface area contributed by atoms with E-state index in [1.807, 2.05) is 6.07 Å². The third-order valence-electron chi connectivity index (χ3n) is 5.01. The zero-order valence-corrected chi connectivity index (χ0v) is 11.5. The second-order valence-electron chi connectivity index (χ2n) is 6.03. The Kier molecular flexibility index (Phi) is 3.57. The minimum atomic E-state index is -0.225. The lowest BCUT2D eigenvalue weighted by atomic mass is 9.69. The molecule has 2 heteroatoms. The van der Waals surface area contributed by atoms with Gasteiger partial charge in [-0.15, -0.1) is 0 Å². The lowest BCUT2D eigenvalue weighted by Gasteiger charge is -2.39. The molecule has 0 bridgehead atoms. The quantitative estimate of drug-likeness (QED) is 0.808. The van der Waals surface area contributed by atoms with Crippen LogP contribution in [0.4, 0.5) is 0 Å². The maximum Gasteiger partial charge on any atom is 0.0823 e. The van der Waals surface area contributed by atoms with Crippen molar-refractivity contribution in [2.75, 3.05) is 13.1 Å². The molecule has 1 aromatic carbocycles. The zero-order valence-electron chi connectivity index (χ0n) is 11.5. The summed E-state index contributed by atoms with van der Waals surface area (Å²) in [5, 5.41) is 9.68. The van der Waals surface area contributed by atoms with Crippen molar-refractivity contribution < 1.29 is 0 Å². The van der Waals surface area contributed by atoms with E-state index >= 15 is 0 Å². The molecule has 0 unspecified atom stereocenters. The predicted octanol–water partition coefficient (Wildman–Crippen LogP) is 3.49. The van der Waals surface area contributed by atoms with Gasteiger partial charge < -0.3 is 4.90 Å². The normalized spacial score (nSPS) is 32.1. The van der Waals surface area contributed by atoms with Gasteiger partial charge in [0.2, 0.25) is 0 Å². The van der Waals surface area contributed by atoms with Crippen LogP contribution in [0.1, 0.15) is 44.1 Å². The molecule has 100 valence electrons. The molecule has 3 rings (SSSR count). The Morgan fingerprint density at radius 2 is 1.68 bits per heavy atom. The SMILES string of the molecule is N#CC1(c2ccccc2)CCC(N2CCCC2)CC1. The Morgan fingerprint density at radius 3 is 2.26 bits per heavy atom. The van der Waals surface area contributed by atoms with E-state index in [0.717, 1.165) is 18.9 Å². The van der Waals surface area contributed by atoms with Gasteiger partial charge in [-0.25, -0.2) is 0 Å². The summed E-state index contributed by atoms with van der Waals surface area (Å²) in [5.74, 6) is 0. The molecule has 2 nitrogen and oxygen atoms in total. The monoisotopic (exact) mass is 254 g/mol. The molecule has 2 fully saturated rings. The molecule has 0 N–H and O–H groups in total. The average Bonchev–Trinajstić information content (AvgIpc) is 3.02. The second-order valence-corrected chi connectivity index (χ2v) is 6.03. The Balaban J connectivity index is 1.72. The molecule has 0 amide bonds. The lowest BCUT2D eigenvalue weighted by molar-refractivity contribution is 0.165. The highest BCUT2D eigenvalue weighted by molar-refractivity contribution is 5.33. The van der Waals surface area contributed by atoms with E-state index in [4.69, 9.17) is 0 Å². The maximum atomic E-state index is 9.68. The van der Waals surface area contributed by atoms with Crippen LogP contribution >= 0.6 is 0 Å². The number of likely N-dealkylation sites (tertiary alicyclic amines) is 1. The first kappa shape index (κ1) is 12.7. The third kappa shape index (κ3) is 2.40. The van der Waals surface area contributed by atoms with Gasteiger partial charge in [0.05, 0.1) is 11.5 Å². The number of hydrogen-bond donors (Lipinski definition) is 0. The summed E-state index contributed by atoms with van der Waals surface area (Å²) in [6, 6.07) is 13.7. The topological polar surface area (TPSA) is 27.0 Å². The first-order valence-corrected chi connectivity index (χ1v) is 7.55. The van der Waals surface area contributed by atoms with Crippen LogP contribution in [-0.2, 0) is 5.41 Å². The van der Waals surface area contributed by atoms with E-state index in [1.165, 1.54) is 44.3 Å². The molecular weight excluding hydrogens is 232 g/mol. The third-order valence-corrected chi connectivity index (χ3v) is 5.01. The van der Waals surface area contributed by atoms with Crippen LogP contribution in [0.15, 0.2) is 30.3 Å². The van der Waals surface area contributed by atoms with Crippen molar-refractivity contribution in [2.24, 2.45) is 0 Å². The molecule has 1 aliphatic heterocycles. The molecule has 1 saturated heterocycles. The fraction of sp³-hybridized carbons (Fsp3) is 0.588. The van der Waals surface area contributed by atoms with Crippen molar-refractivity contribution in [1.82, 2.24) is 4.90 Å². The van der Waals surface area contributed by atoms with Gasteiger partial charge in [-0.1, -0.05) is 30.3 Å². The van der Waals surface area contributed by atoms with Crippen molar-refractivity contribution in [3.05, 3.63) is 35.9 Å². The Morgan fingerprint density at radius 1 is 1.05 bits per heavy atom. The van der Waals surface area contributed by atoms with Gasteiger partial charge in [-0.3, -0.25) is 0 Å². The van der Waals surface area contributed by atoms with Crippen LogP contribution in [0.5, 0.6) is 0 Å². The summed E-state index contributed by atoms with van der Waals surface area (Å²) in [5.41, 5.74) is 0.995. The van der Waals surface area contributed by atoms with Gasteiger partial charge in [-0.05, 0) is 57.2 Å². The van der Waals surface area contributed by atoms with Crippen molar-refractivity contribution in [1.29, 1.82) is 5.26 Å². The average molecular weight is 254 g/mol. The highest BCUT2D eigenvalue weighted by Crippen LogP contribution is 2.40. The Hall–Kier alpha value is -1.33. The Bertz CT molecular complexity index is 446. The number of nitriles is 1. The van der Waals surface area contributed by atoms with E-state index in [-0.39, 0.29) is 5.41 Å². The number of hydrogen-bond acceptors (Lipinski definition) is 2. The summed E-state index contributed by atoms with van der Waals surface area (Å²) < 4.78 is 0. The van der Waals surface area contributed by atoms with Crippen molar-refractivity contribution in [2.45, 2.75) is 50.0 Å². The first-order chi connectivity index (χ1) is 9.34. The fourth-order valence-electron chi connectivity index (χ4n) is 3.79. The zero-order chi connectivity index (χ0) is 13.1. The van der Waals surface area contributed by atoms with Gasteiger partial charge in [0.1, 0.15) is 0 Å². The molecule has 1 saturated carbocycles. The van der Waals surface area contributed by atoms with E-state index in [2.05, 4.69) is 35.2 Å². The van der Waals surface area contributed by atoms with E-state index in [0.29, 0.717) is 0 Å². The molecule has 0 aromatic heterocycles. The number of nitrogens with zero attached hydrogens (tertiary/aromatic N) is 2. The molecule has 1 aliphatic carbocycles. The van der Waals surface area contributed by atoms with Crippen LogP contribution < -0.4 is 0 Å². The molecule has 0 atom stereocenters. The van der Waals surface area contributed by atoms with Crippen LogP contribution in [0.3, 0.4) is 0 Å². The van der Waals surface area contributed by atoms with Gasteiger partial charge >= 0.3 is 0 Å². The summed E-state index contributed by atoms with van der Waals surface area (Å²) in [6.45, 7) is 2.55. The van der Waals surface area contributed by atoms with Crippen molar-refractivity contribution >= 4 is 0 Å². The molecule has 19 heavy (non-hydrogen) atoms. The van der Waals surface area contributed by atoms with Crippen LogP contribution in [0.2, 0.25) is 0 Å². The highest BCUT2D eigenvalue weighted by Gasteiger charge is 2.38. The van der Waals surface area contributed by atoms with E-state index < -0.39 is 0 Å². The standard InChI is InChI=1S/C17H22N2/c18-14-17(15-6-2-1-3-7-15)10-8-16(9-11-17)19-12-4-5-13-19/h1-3,6-7,16H,4-5,8-13H2. The van der Waals surface area contributed by atoms with Crippen LogP contribution in [0.25, 0.3) is 0 Å². The Labute approximate surface area is 116 Å². The van der Waals surface area contributed by atoms with Crippen LogP contribution in [-0.4, -0.2) is 24.0 Å². The summed E-state index contributed by atoms with van der Waals surface area (Å²) in [6.07, 6.45) is 7.13. The van der Waals surface area contributed by atoms with Crippen molar-refractivity contribution in [3.63, 3.8) is 0 Å². The van der Waals surface area contributed by atoms with Gasteiger partial charge in [0.15, 0.2) is 0 Å². The highest BCUT2D eigenvalue weighted by atomic mass is 15.2. The minimum absolute atomic E-state index is 0.225. The number of benzene rings is 1. The lowest BCUT2D eigenvalue weighted by Crippen LogP contribution is -2.40. The van der Waals surface area contributed by atoms with Crippen molar-refractivity contribution in [3.8, 4) is 6.07 Å². The van der Waals surface area contributed by atoms with Gasteiger partial charge in [0, 0.05) is 6.04 Å².